The Hall–Kier alpha value is -3.23. The minimum atomic E-state index is -1.15. The third-order valence-corrected chi connectivity index (χ3v) is 5.20. The summed E-state index contributed by atoms with van der Waals surface area (Å²) in [5.74, 6) is -1.99. The van der Waals surface area contributed by atoms with Crippen molar-refractivity contribution in [3.63, 3.8) is 0 Å². The molecule has 3 rings (SSSR count). The molecule has 0 bridgehead atoms. The van der Waals surface area contributed by atoms with Crippen LogP contribution in [0.25, 0.3) is 0 Å². The molecule has 2 atom stereocenters. The number of Topliss-reactive ketones (excluding diaryl/α,β-unsaturated/α-hetero) is 1. The van der Waals surface area contributed by atoms with Gasteiger partial charge < -0.3 is 15.4 Å². The van der Waals surface area contributed by atoms with E-state index in [4.69, 9.17) is 4.74 Å². The number of urea groups is 1. The lowest BCUT2D eigenvalue weighted by molar-refractivity contribution is -0.155. The fraction of sp³-hybridized carbons (Fsp3) is 0.450. The number of benzene rings is 1. The van der Waals surface area contributed by atoms with Crippen molar-refractivity contribution >= 4 is 35.3 Å². The number of rotatable bonds is 7. The van der Waals surface area contributed by atoms with Crippen LogP contribution in [0.2, 0.25) is 0 Å². The third-order valence-electron chi connectivity index (χ3n) is 5.20. The summed E-state index contributed by atoms with van der Waals surface area (Å²) in [5.41, 5.74) is -0.160. The number of nitrogens with one attached hydrogen (secondary N) is 2. The summed E-state index contributed by atoms with van der Waals surface area (Å²) in [6.07, 6.45) is 0.546. The smallest absolute Gasteiger partial charge is 0.327 e. The van der Waals surface area contributed by atoms with E-state index >= 15 is 0 Å². The maximum Gasteiger partial charge on any atom is 0.327 e. The van der Waals surface area contributed by atoms with Gasteiger partial charge in [0.25, 0.3) is 11.8 Å². The Morgan fingerprint density at radius 1 is 1.31 bits per heavy atom. The number of amides is 4. The Balaban J connectivity index is 1.55. The molecular weight excluding hydrogens is 378 g/mol. The quantitative estimate of drug-likeness (QED) is 0.405. The van der Waals surface area contributed by atoms with Crippen LogP contribution in [-0.4, -0.2) is 52.7 Å². The van der Waals surface area contributed by atoms with Crippen LogP contribution in [0.1, 0.15) is 44.0 Å². The number of nitrogens with zero attached hydrogens (tertiary/aromatic N) is 1. The highest BCUT2D eigenvalue weighted by molar-refractivity contribution is 6.09. The number of anilines is 1. The van der Waals surface area contributed by atoms with Crippen LogP contribution in [0.15, 0.2) is 24.3 Å². The van der Waals surface area contributed by atoms with E-state index in [1.807, 2.05) is 0 Å². The highest BCUT2D eigenvalue weighted by Crippen LogP contribution is 2.42. The van der Waals surface area contributed by atoms with Crippen LogP contribution in [0, 0.1) is 5.92 Å². The Morgan fingerprint density at radius 3 is 2.62 bits per heavy atom. The Kier molecular flexibility index (Phi) is 5.41. The molecule has 4 amide bonds. The molecule has 1 aromatic carbocycles. The number of hydrogen-bond donors (Lipinski definition) is 2. The summed E-state index contributed by atoms with van der Waals surface area (Å²) < 4.78 is 5.07. The van der Waals surface area contributed by atoms with Gasteiger partial charge in [-0.15, -0.1) is 0 Å². The number of ketones is 1. The van der Waals surface area contributed by atoms with Gasteiger partial charge in [0.1, 0.15) is 12.1 Å². The molecule has 1 aromatic rings. The maximum absolute atomic E-state index is 12.5. The highest BCUT2D eigenvalue weighted by atomic mass is 16.5. The van der Waals surface area contributed by atoms with Gasteiger partial charge in [-0.2, -0.15) is 0 Å². The van der Waals surface area contributed by atoms with Crippen molar-refractivity contribution in [1.82, 2.24) is 10.2 Å². The molecule has 9 nitrogen and oxygen atoms in total. The molecule has 9 heteroatoms. The van der Waals surface area contributed by atoms with Crippen LogP contribution >= 0.6 is 0 Å². The van der Waals surface area contributed by atoms with E-state index in [1.165, 1.54) is 19.9 Å². The summed E-state index contributed by atoms with van der Waals surface area (Å²) >= 11 is 0. The molecule has 0 radical (unpaired) electrons. The van der Waals surface area contributed by atoms with Crippen LogP contribution in [0.5, 0.6) is 0 Å². The molecule has 1 heterocycles. The largest absolute Gasteiger partial charge is 0.451 e. The van der Waals surface area contributed by atoms with Crippen molar-refractivity contribution in [3.8, 4) is 0 Å². The van der Waals surface area contributed by atoms with Gasteiger partial charge >= 0.3 is 12.0 Å². The standard InChI is InChI=1S/C20H23N3O6/c1-11(24)13-5-4-6-15(9-13)21-17(26)12(2)29-16(25)10-23-18(27)20(3,14-7-8-14)22-19(23)28/h4-6,9,12,14H,7-8,10H2,1-3H3,(H,21,26)(H,22,28)/t12-,20-/m1/s1. The fourth-order valence-electron chi connectivity index (χ4n) is 3.27. The second-order valence-corrected chi connectivity index (χ2v) is 7.56. The molecule has 0 aromatic heterocycles. The van der Waals surface area contributed by atoms with Crippen LogP contribution in [0.3, 0.4) is 0 Å². The Morgan fingerprint density at radius 2 is 2.00 bits per heavy atom. The lowest BCUT2D eigenvalue weighted by atomic mass is 9.96. The highest BCUT2D eigenvalue weighted by Gasteiger charge is 2.56. The molecule has 29 heavy (non-hydrogen) atoms. The second kappa shape index (κ2) is 7.65. The van der Waals surface area contributed by atoms with Crippen molar-refractivity contribution < 1.29 is 28.7 Å². The molecule has 1 saturated heterocycles. The van der Waals surface area contributed by atoms with Crippen molar-refractivity contribution in [2.45, 2.75) is 45.3 Å². The van der Waals surface area contributed by atoms with Gasteiger partial charge in [0.15, 0.2) is 11.9 Å². The van der Waals surface area contributed by atoms with Crippen LogP contribution < -0.4 is 10.6 Å². The van der Waals surface area contributed by atoms with Crippen LogP contribution in [0.4, 0.5) is 10.5 Å². The summed E-state index contributed by atoms with van der Waals surface area (Å²) in [5, 5.41) is 5.20. The van der Waals surface area contributed by atoms with Crippen LogP contribution in [-0.2, 0) is 19.1 Å². The molecule has 1 saturated carbocycles. The first kappa shape index (κ1) is 20.5. The minimum absolute atomic E-state index is 0.0791. The molecule has 0 unspecified atom stereocenters. The summed E-state index contributed by atoms with van der Waals surface area (Å²) in [6, 6.07) is 5.72. The van der Waals surface area contributed by atoms with Crippen molar-refractivity contribution in [3.05, 3.63) is 29.8 Å². The molecule has 154 valence electrons. The van der Waals surface area contributed by atoms with E-state index in [-0.39, 0.29) is 11.7 Å². The number of imide groups is 1. The molecule has 2 fully saturated rings. The normalized spacial score (nSPS) is 22.1. The number of esters is 1. The van der Waals surface area contributed by atoms with Crippen molar-refractivity contribution in [2.75, 3.05) is 11.9 Å². The molecular formula is C20H23N3O6. The number of hydrogen-bond acceptors (Lipinski definition) is 6. The SMILES string of the molecule is CC(=O)c1cccc(NC(=O)[C@@H](C)OC(=O)CN2C(=O)N[C@](C)(C3CC3)C2=O)c1. The van der Waals surface area contributed by atoms with Crippen molar-refractivity contribution in [1.29, 1.82) is 0 Å². The monoisotopic (exact) mass is 401 g/mol. The predicted molar refractivity (Wildman–Crippen MR) is 102 cm³/mol. The lowest BCUT2D eigenvalue weighted by Crippen LogP contribution is -2.46. The lowest BCUT2D eigenvalue weighted by Gasteiger charge is -2.21. The Labute approximate surface area is 167 Å². The van der Waals surface area contributed by atoms with Gasteiger partial charge in [-0.3, -0.25) is 24.1 Å². The van der Waals surface area contributed by atoms with E-state index < -0.39 is 42.0 Å². The Bertz CT molecular complexity index is 894. The fourth-order valence-corrected chi connectivity index (χ4v) is 3.27. The zero-order valence-electron chi connectivity index (χ0n) is 16.5. The average molecular weight is 401 g/mol. The molecule has 1 aliphatic heterocycles. The first-order valence-electron chi connectivity index (χ1n) is 9.37. The van der Waals surface area contributed by atoms with E-state index in [1.54, 1.807) is 25.1 Å². The van der Waals surface area contributed by atoms with Crippen molar-refractivity contribution in [2.24, 2.45) is 5.92 Å². The first-order chi connectivity index (χ1) is 13.6. The van der Waals surface area contributed by atoms with E-state index in [0.29, 0.717) is 11.3 Å². The molecule has 2 aliphatic rings. The van der Waals surface area contributed by atoms with Gasteiger partial charge in [0, 0.05) is 11.3 Å². The molecule has 1 aliphatic carbocycles. The average Bonchev–Trinajstić information content (AvgIpc) is 3.48. The zero-order valence-corrected chi connectivity index (χ0v) is 16.5. The second-order valence-electron chi connectivity index (χ2n) is 7.56. The molecule has 2 N–H and O–H groups in total. The minimum Gasteiger partial charge on any atom is -0.451 e. The number of carbonyl (C=O) groups is 5. The molecule has 0 spiro atoms. The van der Waals surface area contributed by atoms with E-state index in [0.717, 1.165) is 17.7 Å². The van der Waals surface area contributed by atoms with Gasteiger partial charge in [-0.25, -0.2) is 4.79 Å². The van der Waals surface area contributed by atoms with E-state index in [9.17, 15) is 24.0 Å². The summed E-state index contributed by atoms with van der Waals surface area (Å²) in [7, 11) is 0. The number of carbonyl (C=O) groups excluding carboxylic acids is 5. The number of ether oxygens (including phenoxy) is 1. The van der Waals surface area contributed by atoms with Gasteiger partial charge in [-0.1, -0.05) is 12.1 Å². The first-order valence-corrected chi connectivity index (χ1v) is 9.37. The summed E-state index contributed by atoms with van der Waals surface area (Å²) in [4.78, 5) is 61.3. The van der Waals surface area contributed by atoms with Gasteiger partial charge in [0.2, 0.25) is 0 Å². The van der Waals surface area contributed by atoms with Gasteiger partial charge in [-0.05, 0) is 51.7 Å². The zero-order chi connectivity index (χ0) is 21.3. The topological polar surface area (TPSA) is 122 Å². The van der Waals surface area contributed by atoms with Gasteiger partial charge in [0.05, 0.1) is 0 Å². The van der Waals surface area contributed by atoms with E-state index in [2.05, 4.69) is 10.6 Å². The predicted octanol–water partition coefficient (Wildman–Crippen LogP) is 1.48. The summed E-state index contributed by atoms with van der Waals surface area (Å²) in [6.45, 7) is 3.88. The third kappa shape index (κ3) is 4.28. The maximum atomic E-state index is 12.5.